The zero-order valence-corrected chi connectivity index (χ0v) is 39.7. The molecule has 5 heteroatoms. The molecule has 0 aromatic rings. The van der Waals surface area contributed by atoms with E-state index in [9.17, 15) is 20.1 Å². The second-order valence-electron chi connectivity index (χ2n) is 18.9. The molecule has 58 heavy (non-hydrogen) atoms. The molecule has 0 aliphatic rings. The SMILES string of the molecule is CCCCCCCCCCCCCCCCCCCCCCCCCCCCCC(O)CC(=O)NC(CO)C(O)CCCCCCCCCCCCCCCCCC. The lowest BCUT2D eigenvalue weighted by Crippen LogP contribution is -2.46. The van der Waals surface area contributed by atoms with Crippen LogP contribution in [0.25, 0.3) is 0 Å². The molecule has 0 aliphatic heterocycles. The monoisotopic (exact) mass is 822 g/mol. The Morgan fingerprint density at radius 1 is 0.362 bits per heavy atom. The van der Waals surface area contributed by atoms with Crippen molar-refractivity contribution in [3.05, 3.63) is 0 Å². The zero-order valence-electron chi connectivity index (χ0n) is 39.7. The van der Waals surface area contributed by atoms with Gasteiger partial charge in [0.1, 0.15) is 0 Å². The lowest BCUT2D eigenvalue weighted by molar-refractivity contribution is -0.125. The van der Waals surface area contributed by atoms with Crippen LogP contribution in [0.4, 0.5) is 0 Å². The van der Waals surface area contributed by atoms with E-state index in [4.69, 9.17) is 0 Å². The molecule has 0 aliphatic carbocycles. The summed E-state index contributed by atoms with van der Waals surface area (Å²) in [6.07, 6.45) is 58.2. The van der Waals surface area contributed by atoms with Gasteiger partial charge in [0.15, 0.2) is 0 Å². The molecule has 5 nitrogen and oxygen atoms in total. The van der Waals surface area contributed by atoms with Crippen molar-refractivity contribution in [3.8, 4) is 0 Å². The summed E-state index contributed by atoms with van der Waals surface area (Å²) in [4.78, 5) is 12.5. The Bertz CT molecular complexity index is 777. The minimum Gasteiger partial charge on any atom is -0.394 e. The average molecular weight is 822 g/mol. The largest absolute Gasteiger partial charge is 0.394 e. The van der Waals surface area contributed by atoms with E-state index in [0.29, 0.717) is 12.8 Å². The number of rotatable bonds is 50. The van der Waals surface area contributed by atoms with Gasteiger partial charge in [-0.2, -0.15) is 0 Å². The first-order valence-electron chi connectivity index (χ1n) is 26.8. The fourth-order valence-corrected chi connectivity index (χ4v) is 8.82. The normalized spacial score (nSPS) is 13.3. The molecule has 0 rings (SSSR count). The molecular formula is C53H107NO4. The second kappa shape index (κ2) is 49.0. The second-order valence-corrected chi connectivity index (χ2v) is 18.9. The van der Waals surface area contributed by atoms with Crippen LogP contribution in [0.3, 0.4) is 0 Å². The highest BCUT2D eigenvalue weighted by Gasteiger charge is 2.21. The van der Waals surface area contributed by atoms with Crippen LogP contribution in [0.5, 0.6) is 0 Å². The predicted molar refractivity (Wildman–Crippen MR) is 255 cm³/mol. The summed E-state index contributed by atoms with van der Waals surface area (Å²) in [5.74, 6) is -0.275. The summed E-state index contributed by atoms with van der Waals surface area (Å²) in [7, 11) is 0. The molecule has 3 atom stereocenters. The van der Waals surface area contributed by atoms with Crippen molar-refractivity contribution in [1.29, 1.82) is 0 Å². The molecule has 0 aromatic heterocycles. The topological polar surface area (TPSA) is 89.8 Å². The number of carbonyl (C=O) groups excluding carboxylic acids is 1. The van der Waals surface area contributed by atoms with Gasteiger partial charge in [-0.25, -0.2) is 0 Å². The predicted octanol–water partition coefficient (Wildman–Crippen LogP) is 16.2. The molecule has 348 valence electrons. The number of carbonyl (C=O) groups is 1. The molecule has 4 N–H and O–H groups in total. The van der Waals surface area contributed by atoms with E-state index in [-0.39, 0.29) is 18.9 Å². The maximum atomic E-state index is 12.5. The van der Waals surface area contributed by atoms with E-state index in [1.165, 1.54) is 250 Å². The summed E-state index contributed by atoms with van der Waals surface area (Å²) in [6.45, 7) is 4.30. The van der Waals surface area contributed by atoms with E-state index in [0.717, 1.165) is 25.7 Å². The zero-order chi connectivity index (χ0) is 42.3. The first kappa shape index (κ1) is 57.3. The smallest absolute Gasteiger partial charge is 0.222 e. The first-order valence-corrected chi connectivity index (χ1v) is 26.8. The van der Waals surface area contributed by atoms with Crippen LogP contribution < -0.4 is 5.32 Å². The number of aliphatic hydroxyl groups excluding tert-OH is 3. The fraction of sp³-hybridized carbons (Fsp3) is 0.981. The van der Waals surface area contributed by atoms with Gasteiger partial charge >= 0.3 is 0 Å². The van der Waals surface area contributed by atoms with Crippen LogP contribution in [0.1, 0.15) is 309 Å². The van der Waals surface area contributed by atoms with Crippen LogP contribution in [-0.4, -0.2) is 46.1 Å². The summed E-state index contributed by atoms with van der Waals surface area (Å²) in [6, 6.07) is -0.653. The van der Waals surface area contributed by atoms with Gasteiger partial charge in [0.25, 0.3) is 0 Å². The summed E-state index contributed by atoms with van der Waals surface area (Å²) in [5.41, 5.74) is 0. The molecule has 0 radical (unpaired) electrons. The quantitative estimate of drug-likeness (QED) is 0.0460. The highest BCUT2D eigenvalue weighted by atomic mass is 16.3. The van der Waals surface area contributed by atoms with E-state index in [1.54, 1.807) is 0 Å². The third-order valence-corrected chi connectivity index (χ3v) is 12.9. The van der Waals surface area contributed by atoms with Crippen molar-refractivity contribution < 1.29 is 20.1 Å². The van der Waals surface area contributed by atoms with Gasteiger partial charge in [0, 0.05) is 0 Å². The highest BCUT2D eigenvalue weighted by molar-refractivity contribution is 5.76. The Labute approximate surface area is 364 Å². The van der Waals surface area contributed by atoms with Crippen molar-refractivity contribution in [3.63, 3.8) is 0 Å². The molecule has 1 amide bonds. The highest BCUT2D eigenvalue weighted by Crippen LogP contribution is 2.18. The van der Waals surface area contributed by atoms with Gasteiger partial charge in [0.2, 0.25) is 5.91 Å². The third-order valence-electron chi connectivity index (χ3n) is 12.9. The maximum Gasteiger partial charge on any atom is 0.222 e. The van der Waals surface area contributed by atoms with E-state index in [2.05, 4.69) is 19.2 Å². The Balaban J connectivity index is 3.48. The Morgan fingerprint density at radius 2 is 0.586 bits per heavy atom. The summed E-state index contributed by atoms with van der Waals surface area (Å²) >= 11 is 0. The molecule has 0 saturated carbocycles. The molecular weight excluding hydrogens is 715 g/mol. The van der Waals surface area contributed by atoms with Crippen molar-refractivity contribution in [2.24, 2.45) is 0 Å². The van der Waals surface area contributed by atoms with E-state index >= 15 is 0 Å². The number of amides is 1. The Morgan fingerprint density at radius 3 is 0.828 bits per heavy atom. The molecule has 0 saturated heterocycles. The van der Waals surface area contributed by atoms with Gasteiger partial charge in [-0.15, -0.1) is 0 Å². The first-order chi connectivity index (χ1) is 28.5. The van der Waals surface area contributed by atoms with Gasteiger partial charge in [-0.1, -0.05) is 290 Å². The molecule has 0 heterocycles. The number of hydrogen-bond acceptors (Lipinski definition) is 4. The number of hydrogen-bond donors (Lipinski definition) is 4. The Hall–Kier alpha value is -0.650. The van der Waals surface area contributed by atoms with Crippen LogP contribution in [0.2, 0.25) is 0 Å². The summed E-state index contributed by atoms with van der Waals surface area (Å²) < 4.78 is 0. The Kier molecular flexibility index (Phi) is 48.5. The molecule has 3 unspecified atom stereocenters. The maximum absolute atomic E-state index is 12.5. The van der Waals surface area contributed by atoms with Crippen LogP contribution in [-0.2, 0) is 4.79 Å². The number of unbranched alkanes of at least 4 members (excludes halogenated alkanes) is 41. The van der Waals surface area contributed by atoms with Crippen LogP contribution >= 0.6 is 0 Å². The van der Waals surface area contributed by atoms with Crippen molar-refractivity contribution in [1.82, 2.24) is 5.32 Å². The van der Waals surface area contributed by atoms with E-state index in [1.807, 2.05) is 0 Å². The van der Waals surface area contributed by atoms with Gasteiger partial charge < -0.3 is 20.6 Å². The van der Waals surface area contributed by atoms with Crippen molar-refractivity contribution in [2.75, 3.05) is 6.61 Å². The van der Waals surface area contributed by atoms with Crippen LogP contribution in [0, 0.1) is 0 Å². The molecule has 0 aromatic carbocycles. The molecule has 0 fully saturated rings. The summed E-state index contributed by atoms with van der Waals surface area (Å²) in [5, 5.41) is 33.6. The lowest BCUT2D eigenvalue weighted by atomic mass is 10.0. The van der Waals surface area contributed by atoms with Gasteiger partial charge in [-0.3, -0.25) is 4.79 Å². The minimum absolute atomic E-state index is 0.0434. The standard InChI is InChI=1S/C53H107NO4/c1-3-5-7-9-11-13-15-17-19-21-22-23-24-25-26-27-28-29-30-31-32-34-36-38-40-42-44-46-50(56)48-53(58)54-51(49-55)52(57)47-45-43-41-39-37-35-33-20-18-16-14-12-10-8-6-4-2/h50-52,55-57H,3-49H2,1-2H3,(H,54,58). The number of aliphatic hydroxyl groups is 3. The van der Waals surface area contributed by atoms with Crippen molar-refractivity contribution in [2.45, 2.75) is 327 Å². The lowest BCUT2D eigenvalue weighted by Gasteiger charge is -2.23. The van der Waals surface area contributed by atoms with Gasteiger partial charge in [0.05, 0.1) is 31.3 Å². The average Bonchev–Trinajstić information content (AvgIpc) is 3.22. The molecule has 0 spiro atoms. The van der Waals surface area contributed by atoms with Gasteiger partial charge in [-0.05, 0) is 12.8 Å². The fourth-order valence-electron chi connectivity index (χ4n) is 8.82. The number of nitrogens with one attached hydrogen (secondary N) is 1. The van der Waals surface area contributed by atoms with E-state index < -0.39 is 18.2 Å². The third kappa shape index (κ3) is 44.9. The van der Waals surface area contributed by atoms with Crippen molar-refractivity contribution >= 4 is 5.91 Å². The minimum atomic E-state index is -0.744. The molecule has 0 bridgehead atoms. The van der Waals surface area contributed by atoms with Crippen LogP contribution in [0.15, 0.2) is 0 Å².